The summed E-state index contributed by atoms with van der Waals surface area (Å²) in [6.45, 7) is 5.09. The molecule has 1 saturated heterocycles. The number of pyridine rings is 2. The van der Waals surface area contributed by atoms with Gasteiger partial charge in [0.25, 0.3) is 5.91 Å². The van der Waals surface area contributed by atoms with Gasteiger partial charge in [-0.3, -0.25) is 19.4 Å². The summed E-state index contributed by atoms with van der Waals surface area (Å²) in [5.41, 5.74) is 4.51. The van der Waals surface area contributed by atoms with Gasteiger partial charge in [0, 0.05) is 74.2 Å². The topological polar surface area (TPSA) is 79.2 Å². The van der Waals surface area contributed by atoms with E-state index in [2.05, 4.69) is 43.3 Å². The molecular formula is C25H27N7O. The number of amides is 1. The summed E-state index contributed by atoms with van der Waals surface area (Å²) in [7, 11) is 4.04. The lowest BCUT2D eigenvalue weighted by Gasteiger charge is -2.32. The summed E-state index contributed by atoms with van der Waals surface area (Å²) >= 11 is 0. The van der Waals surface area contributed by atoms with E-state index in [1.54, 1.807) is 10.9 Å². The Labute approximate surface area is 192 Å². The predicted molar refractivity (Wildman–Crippen MR) is 129 cm³/mol. The fourth-order valence-electron chi connectivity index (χ4n) is 4.09. The first kappa shape index (κ1) is 21.2. The lowest BCUT2D eigenvalue weighted by Crippen LogP contribution is -2.43. The van der Waals surface area contributed by atoms with E-state index in [-0.39, 0.29) is 5.91 Å². The van der Waals surface area contributed by atoms with E-state index >= 15 is 0 Å². The van der Waals surface area contributed by atoms with Crippen LogP contribution in [0.4, 0.5) is 5.82 Å². The molecule has 0 aliphatic carbocycles. The molecule has 1 fully saturated rings. The molecule has 3 aromatic heterocycles. The van der Waals surface area contributed by atoms with E-state index in [0.717, 1.165) is 60.3 Å². The van der Waals surface area contributed by atoms with Crippen molar-refractivity contribution < 1.29 is 4.79 Å². The first-order valence-corrected chi connectivity index (χ1v) is 11.1. The van der Waals surface area contributed by atoms with E-state index in [1.165, 1.54) is 0 Å². The molecule has 1 N–H and O–H groups in total. The maximum absolute atomic E-state index is 12.9. The van der Waals surface area contributed by atoms with Gasteiger partial charge in [-0.05, 0) is 36.9 Å². The minimum atomic E-state index is -0.168. The maximum atomic E-state index is 12.9. The first-order valence-electron chi connectivity index (χ1n) is 11.1. The highest BCUT2D eigenvalue weighted by molar-refractivity contribution is 6.04. The van der Waals surface area contributed by atoms with Crippen molar-refractivity contribution in [2.75, 3.05) is 38.5 Å². The van der Waals surface area contributed by atoms with Gasteiger partial charge in [0.05, 0.1) is 17.9 Å². The zero-order valence-electron chi connectivity index (χ0n) is 18.9. The number of aryl methyl sites for hydroxylation is 1. The molecular weight excluding hydrogens is 414 g/mol. The number of fused-ring (bicyclic) bond motifs is 1. The monoisotopic (exact) mass is 441 g/mol. The van der Waals surface area contributed by atoms with Crippen molar-refractivity contribution in [2.24, 2.45) is 7.05 Å². The SMILES string of the molecule is CN1CCN(Cc2cccc(C(=O)Nc3cc4cc(-c5cnn(C)c5)cnc4cn3)c2)CC1. The van der Waals surface area contributed by atoms with Crippen molar-refractivity contribution in [3.05, 3.63) is 72.3 Å². The summed E-state index contributed by atoms with van der Waals surface area (Å²) in [6, 6.07) is 11.7. The van der Waals surface area contributed by atoms with Crippen LogP contribution in [0.2, 0.25) is 0 Å². The standard InChI is InChI=1S/C25H27N7O/c1-30-6-8-32(9-7-30)16-18-4-3-5-19(10-18)25(33)29-24-12-20-11-21(13-26-23(20)15-27-24)22-14-28-31(2)17-22/h3-5,10-15,17H,6-9,16H2,1-2H3,(H,27,29,33). The zero-order chi connectivity index (χ0) is 22.8. The molecule has 4 heterocycles. The van der Waals surface area contributed by atoms with Crippen molar-refractivity contribution in [3.63, 3.8) is 0 Å². The average molecular weight is 442 g/mol. The number of nitrogens with one attached hydrogen (secondary N) is 1. The lowest BCUT2D eigenvalue weighted by atomic mass is 10.1. The number of likely N-dealkylation sites (N-methyl/N-ethyl adjacent to an activating group) is 1. The molecule has 4 aromatic rings. The first-order chi connectivity index (χ1) is 16.0. The molecule has 8 nitrogen and oxygen atoms in total. The minimum Gasteiger partial charge on any atom is -0.307 e. The van der Waals surface area contributed by atoms with Gasteiger partial charge in [-0.1, -0.05) is 12.1 Å². The van der Waals surface area contributed by atoms with Crippen LogP contribution in [0.15, 0.2) is 61.2 Å². The highest BCUT2D eigenvalue weighted by atomic mass is 16.1. The quantitative estimate of drug-likeness (QED) is 0.513. The number of hydrogen-bond acceptors (Lipinski definition) is 6. The average Bonchev–Trinajstić information content (AvgIpc) is 3.26. The third-order valence-electron chi connectivity index (χ3n) is 6.04. The molecule has 0 atom stereocenters. The Morgan fingerprint density at radius 3 is 2.61 bits per heavy atom. The van der Waals surface area contributed by atoms with Gasteiger partial charge < -0.3 is 10.2 Å². The van der Waals surface area contributed by atoms with Crippen molar-refractivity contribution >= 4 is 22.6 Å². The van der Waals surface area contributed by atoms with Crippen LogP contribution in [0, 0.1) is 0 Å². The molecule has 1 aliphatic rings. The highest BCUT2D eigenvalue weighted by Crippen LogP contribution is 2.23. The Morgan fingerprint density at radius 1 is 0.970 bits per heavy atom. The summed E-state index contributed by atoms with van der Waals surface area (Å²) in [5, 5.41) is 8.07. The molecule has 0 saturated carbocycles. The normalized spacial score (nSPS) is 15.1. The Hall–Kier alpha value is -3.62. The molecule has 0 unspecified atom stereocenters. The molecule has 0 spiro atoms. The van der Waals surface area contributed by atoms with Crippen LogP contribution < -0.4 is 5.32 Å². The summed E-state index contributed by atoms with van der Waals surface area (Å²) < 4.78 is 1.76. The fraction of sp³-hybridized carbons (Fsp3) is 0.280. The number of hydrogen-bond donors (Lipinski definition) is 1. The van der Waals surface area contributed by atoms with Gasteiger partial charge in [-0.15, -0.1) is 0 Å². The van der Waals surface area contributed by atoms with Gasteiger partial charge in [0.2, 0.25) is 0 Å². The van der Waals surface area contributed by atoms with Crippen LogP contribution >= 0.6 is 0 Å². The van der Waals surface area contributed by atoms with Crippen LogP contribution in [0.1, 0.15) is 15.9 Å². The van der Waals surface area contributed by atoms with Gasteiger partial charge in [-0.25, -0.2) is 4.98 Å². The fourth-order valence-corrected chi connectivity index (χ4v) is 4.09. The summed E-state index contributed by atoms with van der Waals surface area (Å²) in [5.74, 6) is 0.334. The van der Waals surface area contributed by atoms with Crippen LogP contribution in [-0.2, 0) is 13.6 Å². The Morgan fingerprint density at radius 2 is 1.82 bits per heavy atom. The zero-order valence-corrected chi connectivity index (χ0v) is 18.9. The van der Waals surface area contributed by atoms with Crippen molar-refractivity contribution in [1.82, 2.24) is 29.5 Å². The lowest BCUT2D eigenvalue weighted by molar-refractivity contribution is 0.102. The van der Waals surface area contributed by atoms with Crippen LogP contribution in [0.3, 0.4) is 0 Å². The van der Waals surface area contributed by atoms with Crippen LogP contribution in [0.5, 0.6) is 0 Å². The van der Waals surface area contributed by atoms with Crippen LogP contribution in [0.25, 0.3) is 22.0 Å². The second kappa shape index (κ2) is 9.09. The van der Waals surface area contributed by atoms with E-state index in [1.807, 2.05) is 56.0 Å². The molecule has 5 rings (SSSR count). The summed E-state index contributed by atoms with van der Waals surface area (Å²) in [6.07, 6.45) is 7.25. The smallest absolute Gasteiger partial charge is 0.256 e. The second-order valence-electron chi connectivity index (χ2n) is 8.62. The number of carbonyl (C=O) groups is 1. The molecule has 0 bridgehead atoms. The molecule has 8 heteroatoms. The summed E-state index contributed by atoms with van der Waals surface area (Å²) in [4.78, 5) is 26.6. The predicted octanol–water partition coefficient (Wildman–Crippen LogP) is 3.03. The largest absolute Gasteiger partial charge is 0.307 e. The van der Waals surface area contributed by atoms with Gasteiger partial charge in [0.1, 0.15) is 5.82 Å². The molecule has 1 aliphatic heterocycles. The highest BCUT2D eigenvalue weighted by Gasteiger charge is 2.15. The number of rotatable bonds is 5. The van der Waals surface area contributed by atoms with Gasteiger partial charge in [-0.2, -0.15) is 5.10 Å². The minimum absolute atomic E-state index is 0.168. The third kappa shape index (κ3) is 4.92. The number of nitrogens with zero attached hydrogens (tertiary/aromatic N) is 6. The van der Waals surface area contributed by atoms with E-state index in [4.69, 9.17) is 0 Å². The Bertz CT molecular complexity index is 1290. The third-order valence-corrected chi connectivity index (χ3v) is 6.04. The number of anilines is 1. The Balaban J connectivity index is 1.31. The number of benzene rings is 1. The maximum Gasteiger partial charge on any atom is 0.256 e. The van der Waals surface area contributed by atoms with Gasteiger partial charge in [0.15, 0.2) is 0 Å². The number of carbonyl (C=O) groups excluding carboxylic acids is 1. The second-order valence-corrected chi connectivity index (χ2v) is 8.62. The van der Waals surface area contributed by atoms with E-state index < -0.39 is 0 Å². The van der Waals surface area contributed by atoms with Gasteiger partial charge >= 0.3 is 0 Å². The Kier molecular flexibility index (Phi) is 5.85. The van der Waals surface area contributed by atoms with E-state index in [0.29, 0.717) is 11.4 Å². The molecule has 33 heavy (non-hydrogen) atoms. The van der Waals surface area contributed by atoms with Crippen LogP contribution in [-0.4, -0.2) is 68.7 Å². The molecule has 1 aromatic carbocycles. The molecule has 1 amide bonds. The van der Waals surface area contributed by atoms with Crippen molar-refractivity contribution in [2.45, 2.75) is 6.54 Å². The number of aromatic nitrogens is 4. The molecule has 168 valence electrons. The number of piperazine rings is 1. The van der Waals surface area contributed by atoms with Crippen molar-refractivity contribution in [3.8, 4) is 11.1 Å². The molecule has 0 radical (unpaired) electrons. The van der Waals surface area contributed by atoms with E-state index in [9.17, 15) is 4.79 Å². The van der Waals surface area contributed by atoms with Crippen molar-refractivity contribution in [1.29, 1.82) is 0 Å².